The average Bonchev–Trinajstić information content (AvgIpc) is 3.98. The van der Waals surface area contributed by atoms with E-state index in [1.165, 1.54) is 33.5 Å². The third kappa shape index (κ3) is 6.96. The molecule has 0 spiro atoms. The van der Waals surface area contributed by atoms with Gasteiger partial charge in [-0.25, -0.2) is 4.98 Å². The van der Waals surface area contributed by atoms with E-state index < -0.39 is 103 Å². The van der Waals surface area contributed by atoms with Gasteiger partial charge in [0.25, 0.3) is 6.33 Å². The SMILES string of the molecule is [2H]c1c([2H])c([2H])c(-c2cccc(-c3c([2H])c([2H])c([2H])c([2H])c3[2H])c2-[n+]2[c-]n(-c3[c-]c(Oc4[c-]c5c(c([2H])c4[2H])c4c([2H])c([2H])c([2H])c([2H])c4n5-c4cc(C([2H])(C)C(C)C)ccn4)ccc3)c3ccccc32)c([2H])c1[2H].[Pt]. The molecule has 10 rings (SSSR count). The van der Waals surface area contributed by atoms with Gasteiger partial charge in [-0.1, -0.05) is 147 Å². The van der Waals surface area contributed by atoms with E-state index in [9.17, 15) is 2.74 Å². The van der Waals surface area contributed by atoms with Gasteiger partial charge in [-0.15, -0.1) is 29.6 Å². The molecular weight excluding hydrogens is 904 g/mol. The predicted molar refractivity (Wildman–Crippen MR) is 234 cm³/mol. The van der Waals surface area contributed by atoms with E-state index in [2.05, 4.69) is 23.4 Å². The molecule has 0 amide bonds. The minimum atomic E-state index is -1.09. The second-order valence-corrected chi connectivity index (χ2v) is 13.7. The molecule has 0 aliphatic rings. The Hall–Kier alpha value is -6.55. The summed E-state index contributed by atoms with van der Waals surface area (Å²) in [4.78, 5) is 4.58. The Morgan fingerprint density at radius 1 is 0.678 bits per heavy atom. The van der Waals surface area contributed by atoms with Crippen LogP contribution in [0.1, 0.15) is 55.5 Å². The molecule has 1 unspecified atom stereocenters. The molecule has 5 nitrogen and oxygen atoms in total. The normalized spacial score (nSPS) is 16.5. The summed E-state index contributed by atoms with van der Waals surface area (Å²) in [6, 6.07) is 17.2. The van der Waals surface area contributed by atoms with Crippen molar-refractivity contribution in [2.75, 3.05) is 0 Å². The minimum Gasteiger partial charge on any atom is -0.510 e. The first kappa shape index (κ1) is 23.1. The second kappa shape index (κ2) is 16.0. The number of imidazole rings is 1. The summed E-state index contributed by atoms with van der Waals surface area (Å²) in [5, 5.41) is -0.0247. The van der Waals surface area contributed by atoms with Gasteiger partial charge in [-0.3, -0.25) is 4.57 Å². The van der Waals surface area contributed by atoms with E-state index in [0.29, 0.717) is 16.6 Å². The molecule has 0 saturated heterocycles. The molecule has 10 aromatic rings. The van der Waals surface area contributed by atoms with Crippen molar-refractivity contribution in [2.45, 2.75) is 26.7 Å². The second-order valence-electron chi connectivity index (χ2n) is 13.7. The first-order valence-electron chi connectivity index (χ1n) is 26.9. The Kier molecular flexibility index (Phi) is 6.28. The molecule has 3 aromatic heterocycles. The Morgan fingerprint density at radius 3 is 2.12 bits per heavy atom. The fourth-order valence-electron chi connectivity index (χ4n) is 6.99. The third-order valence-electron chi connectivity index (χ3n) is 10.00. The van der Waals surface area contributed by atoms with Crippen LogP contribution in [0, 0.1) is 24.4 Å². The van der Waals surface area contributed by atoms with Crippen molar-refractivity contribution in [1.29, 1.82) is 0 Å². The van der Waals surface area contributed by atoms with Crippen LogP contribution in [0.5, 0.6) is 11.5 Å². The molecule has 0 radical (unpaired) electrons. The first-order valence-corrected chi connectivity index (χ1v) is 18.4. The maximum absolute atomic E-state index is 9.34. The molecular formula is C53H40N4OPt-2. The van der Waals surface area contributed by atoms with E-state index >= 15 is 0 Å². The van der Waals surface area contributed by atoms with E-state index in [0.717, 1.165) is 0 Å². The van der Waals surface area contributed by atoms with Crippen LogP contribution in [0.3, 0.4) is 0 Å². The third-order valence-corrected chi connectivity index (χ3v) is 10.00. The predicted octanol–water partition coefficient (Wildman–Crippen LogP) is 12.7. The molecule has 59 heavy (non-hydrogen) atoms. The smallest absolute Gasteiger partial charge is 0.268 e. The number of hydrogen-bond acceptors (Lipinski definition) is 2. The average molecular weight is 961 g/mol. The number of hydrogen-bond donors (Lipinski definition) is 0. The number of benzene rings is 7. The van der Waals surface area contributed by atoms with Crippen LogP contribution in [0.15, 0.2) is 176 Å². The van der Waals surface area contributed by atoms with Crippen molar-refractivity contribution >= 4 is 32.8 Å². The Bertz CT molecular complexity index is 3950. The molecule has 0 fully saturated rings. The van der Waals surface area contributed by atoms with Gasteiger partial charge in [0.1, 0.15) is 5.82 Å². The van der Waals surface area contributed by atoms with Crippen molar-refractivity contribution in [3.8, 4) is 50.9 Å². The number of aromatic nitrogens is 4. The van der Waals surface area contributed by atoms with Gasteiger partial charge in [-0.2, -0.15) is 18.2 Å². The molecule has 290 valence electrons. The van der Waals surface area contributed by atoms with Gasteiger partial charge in [0.15, 0.2) is 0 Å². The van der Waals surface area contributed by atoms with Crippen LogP contribution in [0.2, 0.25) is 0 Å². The van der Waals surface area contributed by atoms with Gasteiger partial charge in [0, 0.05) is 47.0 Å². The molecule has 0 N–H and O–H groups in total. The monoisotopic (exact) mass is 960 g/mol. The van der Waals surface area contributed by atoms with E-state index in [1.54, 1.807) is 66.1 Å². The summed E-state index contributed by atoms with van der Waals surface area (Å²) in [7, 11) is 0. The topological polar surface area (TPSA) is 35.9 Å². The quantitative estimate of drug-likeness (QED) is 0.107. The van der Waals surface area contributed by atoms with Crippen molar-refractivity contribution in [1.82, 2.24) is 14.1 Å². The summed E-state index contributed by atoms with van der Waals surface area (Å²) >= 11 is 0. The molecule has 0 aliphatic heterocycles. The Labute approximate surface area is 383 Å². The zero-order valence-corrected chi connectivity index (χ0v) is 33.9. The van der Waals surface area contributed by atoms with Crippen LogP contribution in [0.25, 0.3) is 72.3 Å². The Balaban J connectivity index is 0.00000706. The standard InChI is InChI=1S/C53H40N4O.Pt/c1-36(2)37(3)40-30-31-54-52(32-40)57-48-25-11-10-22-46(48)47-29-28-43(34-51(47)57)58-42-21-14-20-41(33-42)55-35-56(50-27-13-12-26-49(50)55)53-44(38-16-6-4-7-17-38)23-15-24-45(53)39-18-8-5-9-19-39;/h4-32,36-37H,1-3H3;/q-2;/i4D,5D,6D,7D,8D,9D,10D,11D,16D,17D,18D,19D,22D,25D,28D,29D,37D;. The fraction of sp³-hybridized carbons (Fsp3) is 0.0943. The molecule has 6 heteroatoms. The maximum Gasteiger partial charge on any atom is 0.268 e. The van der Waals surface area contributed by atoms with Crippen LogP contribution in [-0.4, -0.2) is 14.1 Å². The van der Waals surface area contributed by atoms with Crippen molar-refractivity contribution in [3.05, 3.63) is 200 Å². The molecule has 1 atom stereocenters. The number of para-hydroxylation sites is 4. The summed E-state index contributed by atoms with van der Waals surface area (Å²) in [6.07, 6.45) is 4.79. The molecule has 0 aliphatic carbocycles. The first-order chi connectivity index (χ1) is 35.5. The fourth-order valence-corrected chi connectivity index (χ4v) is 6.99. The molecule has 7 aromatic carbocycles. The van der Waals surface area contributed by atoms with E-state index in [-0.39, 0.29) is 99.7 Å². The van der Waals surface area contributed by atoms with E-state index in [4.69, 9.17) is 25.3 Å². The number of pyridine rings is 1. The largest absolute Gasteiger partial charge is 0.510 e. The molecule has 0 bridgehead atoms. The van der Waals surface area contributed by atoms with Gasteiger partial charge in [-0.05, 0) is 70.2 Å². The van der Waals surface area contributed by atoms with E-state index in [1.807, 2.05) is 13.8 Å². The van der Waals surface area contributed by atoms with Gasteiger partial charge in [0.05, 0.1) is 35.9 Å². The van der Waals surface area contributed by atoms with Crippen molar-refractivity contribution < 1.29 is 53.7 Å². The number of fused-ring (bicyclic) bond motifs is 4. The van der Waals surface area contributed by atoms with Crippen molar-refractivity contribution in [3.63, 3.8) is 0 Å². The summed E-state index contributed by atoms with van der Waals surface area (Å²) in [5.41, 5.74) is 1.53. The molecule has 0 saturated carbocycles. The zero-order valence-electron chi connectivity index (χ0n) is 48.6. The van der Waals surface area contributed by atoms with Crippen molar-refractivity contribution in [2.24, 2.45) is 5.92 Å². The summed E-state index contributed by atoms with van der Waals surface area (Å²) < 4.78 is 161. The summed E-state index contributed by atoms with van der Waals surface area (Å²) in [5.74, 6) is -1.30. The minimum absolute atomic E-state index is 0. The van der Waals surface area contributed by atoms with Gasteiger partial charge in [0.2, 0.25) is 0 Å². The number of nitrogens with zero attached hydrogens (tertiary/aromatic N) is 4. The van der Waals surface area contributed by atoms with Gasteiger partial charge < -0.3 is 13.9 Å². The van der Waals surface area contributed by atoms with Crippen LogP contribution < -0.4 is 9.30 Å². The maximum atomic E-state index is 9.34. The van der Waals surface area contributed by atoms with Crippen LogP contribution >= 0.6 is 0 Å². The number of ether oxygens (including phenoxy) is 1. The van der Waals surface area contributed by atoms with Crippen LogP contribution in [-0.2, 0) is 21.1 Å². The Morgan fingerprint density at radius 2 is 1.37 bits per heavy atom. The molecule has 3 heterocycles. The van der Waals surface area contributed by atoms with Gasteiger partial charge >= 0.3 is 0 Å². The number of rotatable bonds is 9. The zero-order chi connectivity index (χ0) is 54.0. The van der Waals surface area contributed by atoms with Crippen LogP contribution in [0.4, 0.5) is 0 Å². The summed E-state index contributed by atoms with van der Waals surface area (Å²) in [6.45, 7) is 5.56.